The molecule has 1 amide bonds. The molecule has 0 aliphatic heterocycles. The van der Waals surface area contributed by atoms with Crippen molar-refractivity contribution in [2.45, 2.75) is 11.3 Å². The van der Waals surface area contributed by atoms with Crippen molar-refractivity contribution < 1.29 is 13.2 Å². The second-order valence-corrected chi connectivity index (χ2v) is 6.13. The highest BCUT2D eigenvalue weighted by Crippen LogP contribution is 2.22. The Bertz CT molecular complexity index is 545. The predicted molar refractivity (Wildman–Crippen MR) is 72.4 cm³/mol. The summed E-state index contributed by atoms with van der Waals surface area (Å²) in [6.07, 6.45) is 0.0892. The number of sulfonamides is 1. The standard InChI is InChI=1S/C10H14BrN3O3S/c1-13-10(15)4-5-14-18(16,17)7-2-3-9(12)8(11)6-7/h2-3,6,14H,4-5,12H2,1H3,(H,13,15). The van der Waals surface area contributed by atoms with Crippen LogP contribution >= 0.6 is 15.9 Å². The van der Waals surface area contributed by atoms with Gasteiger partial charge in [0.25, 0.3) is 0 Å². The lowest BCUT2D eigenvalue weighted by Crippen LogP contribution is -2.29. The molecule has 0 atom stereocenters. The third-order valence-corrected chi connectivity index (χ3v) is 4.35. The van der Waals surface area contributed by atoms with Crippen LogP contribution < -0.4 is 15.8 Å². The van der Waals surface area contributed by atoms with Gasteiger partial charge in [-0.2, -0.15) is 0 Å². The van der Waals surface area contributed by atoms with Crippen LogP contribution in [-0.4, -0.2) is 27.9 Å². The number of carbonyl (C=O) groups excluding carboxylic acids is 1. The lowest BCUT2D eigenvalue weighted by Gasteiger charge is -2.07. The first-order chi connectivity index (χ1) is 8.36. The molecule has 18 heavy (non-hydrogen) atoms. The van der Waals surface area contributed by atoms with E-state index in [9.17, 15) is 13.2 Å². The number of anilines is 1. The Kier molecular flexibility index (Phi) is 5.12. The normalized spacial score (nSPS) is 11.2. The largest absolute Gasteiger partial charge is 0.398 e. The predicted octanol–water partition coefficient (Wildman–Crippen LogP) is 0.446. The van der Waals surface area contributed by atoms with E-state index < -0.39 is 10.0 Å². The topological polar surface area (TPSA) is 101 Å². The molecule has 0 radical (unpaired) electrons. The molecule has 6 nitrogen and oxygen atoms in total. The lowest BCUT2D eigenvalue weighted by atomic mass is 10.3. The molecule has 4 N–H and O–H groups in total. The molecule has 0 unspecified atom stereocenters. The van der Waals surface area contributed by atoms with E-state index in [1.807, 2.05) is 0 Å². The molecule has 0 saturated heterocycles. The third-order valence-electron chi connectivity index (χ3n) is 2.21. The second kappa shape index (κ2) is 6.17. The fraction of sp³-hybridized carbons (Fsp3) is 0.300. The quantitative estimate of drug-likeness (QED) is 0.680. The van der Waals surface area contributed by atoms with Crippen LogP contribution in [0.4, 0.5) is 5.69 Å². The van der Waals surface area contributed by atoms with E-state index in [4.69, 9.17) is 5.73 Å². The average molecular weight is 336 g/mol. The number of nitrogens with two attached hydrogens (primary N) is 1. The minimum absolute atomic E-state index is 0.0456. The van der Waals surface area contributed by atoms with Crippen LogP contribution in [0.3, 0.4) is 0 Å². The first-order valence-corrected chi connectivity index (χ1v) is 7.39. The molecule has 8 heteroatoms. The summed E-state index contributed by atoms with van der Waals surface area (Å²) in [6.45, 7) is 0.0456. The van der Waals surface area contributed by atoms with Crippen molar-refractivity contribution in [3.63, 3.8) is 0 Å². The second-order valence-electron chi connectivity index (χ2n) is 3.50. The molecule has 0 aliphatic carbocycles. The zero-order valence-electron chi connectivity index (χ0n) is 9.73. The first kappa shape index (κ1) is 14.9. The van der Waals surface area contributed by atoms with Crippen LogP contribution in [0, 0.1) is 0 Å². The van der Waals surface area contributed by atoms with Gasteiger partial charge in [0.05, 0.1) is 4.90 Å². The molecule has 0 aromatic heterocycles. The molecular weight excluding hydrogens is 322 g/mol. The number of nitrogen functional groups attached to an aromatic ring is 1. The van der Waals surface area contributed by atoms with Gasteiger partial charge in [-0.1, -0.05) is 0 Å². The van der Waals surface area contributed by atoms with Crippen molar-refractivity contribution in [2.75, 3.05) is 19.3 Å². The summed E-state index contributed by atoms with van der Waals surface area (Å²) in [5.74, 6) is -0.226. The monoisotopic (exact) mass is 335 g/mol. The number of rotatable bonds is 5. The molecule has 0 fully saturated rings. The maximum Gasteiger partial charge on any atom is 0.240 e. The van der Waals surface area contributed by atoms with Gasteiger partial charge in [0.15, 0.2) is 0 Å². The van der Waals surface area contributed by atoms with Gasteiger partial charge >= 0.3 is 0 Å². The smallest absolute Gasteiger partial charge is 0.240 e. The Balaban J connectivity index is 2.74. The number of carbonyl (C=O) groups is 1. The Morgan fingerprint density at radius 3 is 2.67 bits per heavy atom. The number of benzene rings is 1. The minimum Gasteiger partial charge on any atom is -0.398 e. The van der Waals surface area contributed by atoms with Gasteiger partial charge in [0.1, 0.15) is 0 Å². The number of amides is 1. The van der Waals surface area contributed by atoms with E-state index >= 15 is 0 Å². The fourth-order valence-electron chi connectivity index (χ4n) is 1.18. The van der Waals surface area contributed by atoms with Crippen LogP contribution in [0.25, 0.3) is 0 Å². The van der Waals surface area contributed by atoms with E-state index in [2.05, 4.69) is 26.0 Å². The number of nitrogens with one attached hydrogen (secondary N) is 2. The zero-order valence-corrected chi connectivity index (χ0v) is 12.1. The summed E-state index contributed by atoms with van der Waals surface area (Å²) in [5, 5.41) is 2.41. The average Bonchev–Trinajstić information content (AvgIpc) is 2.32. The summed E-state index contributed by atoms with van der Waals surface area (Å²) in [6, 6.07) is 4.32. The van der Waals surface area contributed by atoms with E-state index in [1.54, 1.807) is 0 Å². The molecule has 100 valence electrons. The highest BCUT2D eigenvalue weighted by Gasteiger charge is 2.14. The lowest BCUT2D eigenvalue weighted by molar-refractivity contribution is -0.120. The molecule has 0 bridgehead atoms. The molecular formula is C10H14BrN3O3S. The number of hydrogen-bond donors (Lipinski definition) is 3. The van der Waals surface area contributed by atoms with Gasteiger partial charge in [0.2, 0.25) is 15.9 Å². The molecule has 0 spiro atoms. The molecule has 1 aromatic carbocycles. The van der Waals surface area contributed by atoms with Crippen LogP contribution in [0.1, 0.15) is 6.42 Å². The van der Waals surface area contributed by atoms with Crippen LogP contribution in [0.15, 0.2) is 27.6 Å². The van der Waals surface area contributed by atoms with Crippen molar-refractivity contribution in [1.82, 2.24) is 10.0 Å². The van der Waals surface area contributed by atoms with Gasteiger partial charge in [-0.05, 0) is 34.1 Å². The van der Waals surface area contributed by atoms with E-state index in [0.29, 0.717) is 10.2 Å². The van der Waals surface area contributed by atoms with E-state index in [0.717, 1.165) is 0 Å². The van der Waals surface area contributed by atoms with Crippen molar-refractivity contribution >= 4 is 37.5 Å². The molecule has 0 saturated carbocycles. The highest BCUT2D eigenvalue weighted by molar-refractivity contribution is 9.10. The summed E-state index contributed by atoms with van der Waals surface area (Å²) in [7, 11) is -2.13. The first-order valence-electron chi connectivity index (χ1n) is 5.12. The van der Waals surface area contributed by atoms with Crippen LogP contribution in [-0.2, 0) is 14.8 Å². The number of hydrogen-bond acceptors (Lipinski definition) is 4. The fourth-order valence-corrected chi connectivity index (χ4v) is 2.77. The van der Waals surface area contributed by atoms with Crippen molar-refractivity contribution in [3.8, 4) is 0 Å². The van der Waals surface area contributed by atoms with Crippen LogP contribution in [0.2, 0.25) is 0 Å². The van der Waals surface area contributed by atoms with E-state index in [-0.39, 0.29) is 23.8 Å². The van der Waals surface area contributed by atoms with Gasteiger partial charge in [-0.15, -0.1) is 0 Å². The number of halogens is 1. The molecule has 0 aliphatic rings. The molecule has 0 heterocycles. The minimum atomic E-state index is -3.62. The maximum atomic E-state index is 11.9. The maximum absolute atomic E-state index is 11.9. The van der Waals surface area contributed by atoms with Gasteiger partial charge in [-0.25, -0.2) is 13.1 Å². The Hall–Kier alpha value is -1.12. The third kappa shape index (κ3) is 3.97. The Morgan fingerprint density at radius 1 is 1.44 bits per heavy atom. The van der Waals surface area contributed by atoms with Gasteiger partial charge in [-0.3, -0.25) is 4.79 Å². The van der Waals surface area contributed by atoms with Crippen molar-refractivity contribution in [3.05, 3.63) is 22.7 Å². The van der Waals surface area contributed by atoms with Gasteiger partial charge in [0, 0.05) is 30.2 Å². The summed E-state index contributed by atoms with van der Waals surface area (Å²) >= 11 is 3.16. The SMILES string of the molecule is CNC(=O)CCNS(=O)(=O)c1ccc(N)c(Br)c1. The van der Waals surface area contributed by atoms with Gasteiger partial charge < -0.3 is 11.1 Å². The molecule has 1 rings (SSSR count). The van der Waals surface area contributed by atoms with E-state index in [1.165, 1.54) is 25.2 Å². The summed E-state index contributed by atoms with van der Waals surface area (Å²) < 4.78 is 26.6. The summed E-state index contributed by atoms with van der Waals surface area (Å²) in [4.78, 5) is 11.1. The van der Waals surface area contributed by atoms with Crippen LogP contribution in [0.5, 0.6) is 0 Å². The van der Waals surface area contributed by atoms with Crippen molar-refractivity contribution in [1.29, 1.82) is 0 Å². The Labute approximate surface area is 114 Å². The highest BCUT2D eigenvalue weighted by atomic mass is 79.9. The zero-order chi connectivity index (χ0) is 13.8. The van der Waals surface area contributed by atoms with Crippen molar-refractivity contribution in [2.24, 2.45) is 0 Å². The summed E-state index contributed by atoms with van der Waals surface area (Å²) in [5.41, 5.74) is 6.03. The Morgan fingerprint density at radius 2 is 2.11 bits per heavy atom. The molecule has 1 aromatic rings.